The minimum absolute atomic E-state index is 0.0880. The lowest BCUT2D eigenvalue weighted by Gasteiger charge is -2.38. The fraction of sp³-hybridized carbons (Fsp3) is 0.500. The molecular formula is C28H36ClNO6. The second-order valence-electron chi connectivity index (χ2n) is 9.83. The van der Waals surface area contributed by atoms with E-state index in [1.807, 2.05) is 32.9 Å². The SMILES string of the molecule is CC[C@H](C)C=C(C)C=CC1=CC2=C(Cl)C(=O)[C@@](C)(OC(C)=O)C(=O)C2=CN1C(CC(C)C)C(=O)OC. The van der Waals surface area contributed by atoms with Gasteiger partial charge in [-0.1, -0.05) is 63.4 Å². The highest BCUT2D eigenvalue weighted by Crippen LogP contribution is 2.40. The van der Waals surface area contributed by atoms with Gasteiger partial charge in [0.25, 0.3) is 0 Å². The van der Waals surface area contributed by atoms with Crippen molar-refractivity contribution in [3.05, 3.63) is 58.0 Å². The van der Waals surface area contributed by atoms with Gasteiger partial charge < -0.3 is 14.4 Å². The molecule has 0 saturated heterocycles. The van der Waals surface area contributed by atoms with Gasteiger partial charge in [-0.05, 0) is 44.3 Å². The van der Waals surface area contributed by atoms with E-state index in [1.165, 1.54) is 20.2 Å². The van der Waals surface area contributed by atoms with Crippen molar-refractivity contribution >= 4 is 35.1 Å². The molecular weight excluding hydrogens is 482 g/mol. The summed E-state index contributed by atoms with van der Waals surface area (Å²) in [6, 6.07) is -0.733. The van der Waals surface area contributed by atoms with Gasteiger partial charge in [-0.15, -0.1) is 0 Å². The van der Waals surface area contributed by atoms with E-state index in [2.05, 4.69) is 19.9 Å². The summed E-state index contributed by atoms with van der Waals surface area (Å²) in [5.74, 6) is -2.20. The van der Waals surface area contributed by atoms with E-state index in [0.29, 0.717) is 18.0 Å². The molecule has 0 fully saturated rings. The number of ketones is 2. The lowest BCUT2D eigenvalue weighted by molar-refractivity contribution is -0.167. The van der Waals surface area contributed by atoms with Crippen LogP contribution >= 0.6 is 11.6 Å². The van der Waals surface area contributed by atoms with Crippen LogP contribution in [-0.2, 0) is 28.7 Å². The van der Waals surface area contributed by atoms with Crippen LogP contribution in [0, 0.1) is 11.8 Å². The number of halogens is 1. The Labute approximate surface area is 218 Å². The Morgan fingerprint density at radius 1 is 1.17 bits per heavy atom. The molecule has 8 heteroatoms. The Bertz CT molecular complexity index is 1090. The molecule has 1 heterocycles. The van der Waals surface area contributed by atoms with Gasteiger partial charge in [0.1, 0.15) is 6.04 Å². The number of carbonyl (C=O) groups is 4. The van der Waals surface area contributed by atoms with Crippen LogP contribution in [-0.4, -0.2) is 47.2 Å². The van der Waals surface area contributed by atoms with Crippen molar-refractivity contribution < 1.29 is 28.7 Å². The molecule has 7 nitrogen and oxygen atoms in total. The number of esters is 2. The number of ether oxygens (including phenoxy) is 2. The standard InChI is InChI=1S/C28H36ClNO6/c1-9-17(4)13-18(5)10-11-20-14-21-22(15-30(20)23(12-16(2)3)27(34)35-8)25(32)28(7,36-19(6)31)26(33)24(21)29/h10-11,13-17,23H,9,12H2,1-8H3/t17-,23?,28-/m0/s1. The maximum absolute atomic E-state index is 13.5. The first kappa shape index (κ1) is 29.3. The van der Waals surface area contributed by atoms with E-state index < -0.39 is 35.1 Å². The number of nitrogens with zero attached hydrogens (tertiary/aromatic N) is 1. The number of rotatable bonds is 9. The molecule has 1 unspecified atom stereocenters. The van der Waals surface area contributed by atoms with Crippen molar-refractivity contribution in [3.8, 4) is 0 Å². The molecule has 36 heavy (non-hydrogen) atoms. The van der Waals surface area contributed by atoms with Crippen LogP contribution in [0.5, 0.6) is 0 Å². The van der Waals surface area contributed by atoms with Gasteiger partial charge in [-0.3, -0.25) is 14.4 Å². The summed E-state index contributed by atoms with van der Waals surface area (Å²) in [7, 11) is 1.31. The van der Waals surface area contributed by atoms with Crippen molar-refractivity contribution in [3.63, 3.8) is 0 Å². The first-order valence-electron chi connectivity index (χ1n) is 12.1. The van der Waals surface area contributed by atoms with Crippen molar-refractivity contribution in [1.82, 2.24) is 4.90 Å². The highest BCUT2D eigenvalue weighted by molar-refractivity contribution is 6.49. The largest absolute Gasteiger partial charge is 0.467 e. The molecule has 0 radical (unpaired) electrons. The summed E-state index contributed by atoms with van der Waals surface area (Å²) in [4.78, 5) is 52.7. The average Bonchev–Trinajstić information content (AvgIpc) is 2.82. The normalized spacial score (nSPS) is 22.4. The molecule has 0 saturated carbocycles. The number of carbonyl (C=O) groups excluding carboxylic acids is 4. The Balaban J connectivity index is 2.73. The number of methoxy groups -OCH3 is 1. The summed E-state index contributed by atoms with van der Waals surface area (Å²) in [6.07, 6.45) is 10.4. The van der Waals surface area contributed by atoms with Crippen molar-refractivity contribution in [1.29, 1.82) is 0 Å². The molecule has 0 bridgehead atoms. The third kappa shape index (κ3) is 6.25. The Kier molecular flexibility index (Phi) is 9.66. The monoisotopic (exact) mass is 517 g/mol. The predicted octanol–water partition coefficient (Wildman–Crippen LogP) is 5.17. The van der Waals surface area contributed by atoms with E-state index >= 15 is 0 Å². The van der Waals surface area contributed by atoms with E-state index in [9.17, 15) is 19.2 Å². The zero-order valence-corrected chi connectivity index (χ0v) is 23.1. The molecule has 3 atom stereocenters. The molecule has 0 aromatic rings. The smallest absolute Gasteiger partial charge is 0.328 e. The van der Waals surface area contributed by atoms with E-state index in [1.54, 1.807) is 11.0 Å². The molecule has 0 spiro atoms. The molecule has 2 rings (SSSR count). The topological polar surface area (TPSA) is 90.0 Å². The zero-order chi connectivity index (χ0) is 27.4. The van der Waals surface area contributed by atoms with Gasteiger partial charge in [-0.25, -0.2) is 4.79 Å². The summed E-state index contributed by atoms with van der Waals surface area (Å²) in [6.45, 7) is 12.5. The van der Waals surface area contributed by atoms with Crippen LogP contribution in [0.25, 0.3) is 0 Å². The van der Waals surface area contributed by atoms with Gasteiger partial charge in [-0.2, -0.15) is 0 Å². The maximum Gasteiger partial charge on any atom is 0.328 e. The number of fused-ring (bicyclic) bond motifs is 1. The molecule has 1 aliphatic heterocycles. The zero-order valence-electron chi connectivity index (χ0n) is 22.3. The summed E-state index contributed by atoms with van der Waals surface area (Å²) < 4.78 is 10.2. The van der Waals surface area contributed by atoms with Gasteiger partial charge in [0.05, 0.1) is 12.1 Å². The van der Waals surface area contributed by atoms with Crippen LogP contribution < -0.4 is 0 Å². The third-order valence-corrected chi connectivity index (χ3v) is 6.63. The first-order chi connectivity index (χ1) is 16.8. The van der Waals surface area contributed by atoms with Crippen molar-refractivity contribution in [2.75, 3.05) is 7.11 Å². The van der Waals surface area contributed by atoms with E-state index in [-0.39, 0.29) is 22.1 Å². The molecule has 1 aliphatic carbocycles. The number of hydrogen-bond donors (Lipinski definition) is 0. The van der Waals surface area contributed by atoms with Gasteiger partial charge in [0.15, 0.2) is 0 Å². The quantitative estimate of drug-likeness (QED) is 0.236. The number of hydrogen-bond acceptors (Lipinski definition) is 7. The average molecular weight is 518 g/mol. The van der Waals surface area contributed by atoms with Crippen molar-refractivity contribution in [2.24, 2.45) is 11.8 Å². The first-order valence-corrected chi connectivity index (χ1v) is 12.5. The highest BCUT2D eigenvalue weighted by atomic mass is 35.5. The Hall–Kier alpha value is -2.93. The van der Waals surface area contributed by atoms with Crippen LogP contribution in [0.3, 0.4) is 0 Å². The fourth-order valence-corrected chi connectivity index (χ4v) is 4.50. The lowest BCUT2D eigenvalue weighted by Crippen LogP contribution is -2.52. The molecule has 0 amide bonds. The minimum atomic E-state index is -2.08. The van der Waals surface area contributed by atoms with Gasteiger partial charge >= 0.3 is 11.9 Å². The molecule has 196 valence electrons. The van der Waals surface area contributed by atoms with Gasteiger partial charge in [0, 0.05) is 30.0 Å². The second kappa shape index (κ2) is 11.9. The second-order valence-corrected chi connectivity index (χ2v) is 10.2. The Morgan fingerprint density at radius 3 is 2.33 bits per heavy atom. The molecule has 0 aromatic heterocycles. The summed E-state index contributed by atoms with van der Waals surface area (Å²) >= 11 is 6.45. The van der Waals surface area contributed by atoms with Gasteiger partial charge in [0.2, 0.25) is 17.2 Å². The van der Waals surface area contributed by atoms with Crippen LogP contribution in [0.4, 0.5) is 0 Å². The molecule has 0 N–H and O–H groups in total. The number of allylic oxidation sites excluding steroid dienone is 6. The minimum Gasteiger partial charge on any atom is -0.467 e. The molecule has 0 aromatic carbocycles. The molecule has 2 aliphatic rings. The summed E-state index contributed by atoms with van der Waals surface area (Å²) in [5, 5.41) is -0.208. The van der Waals surface area contributed by atoms with Crippen LogP contribution in [0.1, 0.15) is 61.3 Å². The van der Waals surface area contributed by atoms with Crippen LogP contribution in [0.2, 0.25) is 0 Å². The maximum atomic E-state index is 13.5. The third-order valence-electron chi connectivity index (χ3n) is 6.26. The van der Waals surface area contributed by atoms with Crippen molar-refractivity contribution in [2.45, 2.75) is 73.0 Å². The lowest BCUT2D eigenvalue weighted by atomic mass is 9.79. The van der Waals surface area contributed by atoms with E-state index in [4.69, 9.17) is 21.1 Å². The summed E-state index contributed by atoms with van der Waals surface area (Å²) in [5.41, 5.74) is -0.179. The highest BCUT2D eigenvalue weighted by Gasteiger charge is 2.52. The Morgan fingerprint density at radius 2 is 1.81 bits per heavy atom. The van der Waals surface area contributed by atoms with Crippen LogP contribution in [0.15, 0.2) is 58.0 Å². The number of Topliss-reactive ketones (excluding diaryl/α,β-unsaturated/α-hetero) is 2. The van der Waals surface area contributed by atoms with E-state index in [0.717, 1.165) is 18.9 Å². The fourth-order valence-electron chi connectivity index (χ4n) is 4.17. The predicted molar refractivity (Wildman–Crippen MR) is 139 cm³/mol.